The van der Waals surface area contributed by atoms with Gasteiger partial charge in [0.15, 0.2) is 0 Å². The van der Waals surface area contributed by atoms with Crippen LogP contribution in [-0.2, 0) is 4.79 Å². The quantitative estimate of drug-likeness (QED) is 0.317. The summed E-state index contributed by atoms with van der Waals surface area (Å²) in [7, 11) is 0. The van der Waals surface area contributed by atoms with Crippen LogP contribution in [0, 0.1) is 35.5 Å². The number of amides is 1. The number of carbonyl (C=O) groups is 1. The largest absolute Gasteiger partial charge is 0.392 e. The van der Waals surface area contributed by atoms with Crippen LogP contribution in [0.2, 0.25) is 0 Å². The summed E-state index contributed by atoms with van der Waals surface area (Å²) >= 11 is 0. The third kappa shape index (κ3) is 6.72. The van der Waals surface area contributed by atoms with Crippen molar-refractivity contribution in [1.29, 1.82) is 0 Å². The molecule has 30 heavy (non-hydrogen) atoms. The summed E-state index contributed by atoms with van der Waals surface area (Å²) in [5, 5.41) is 20.9. The number of carbonyl (C=O) groups excluding carboxylic acids is 1. The Bertz CT molecular complexity index is 668. The van der Waals surface area contributed by atoms with Gasteiger partial charge in [0, 0.05) is 31.8 Å². The number of aliphatic hydroxyl groups excluding tert-OH is 2. The van der Waals surface area contributed by atoms with Gasteiger partial charge in [-0.3, -0.25) is 4.79 Å². The fraction of sp³-hybridized carbons (Fsp3) is 0.731. The fourth-order valence-electron chi connectivity index (χ4n) is 5.05. The molecule has 0 radical (unpaired) electrons. The number of hydrogen-bond donors (Lipinski definition) is 2. The minimum Gasteiger partial charge on any atom is -0.392 e. The van der Waals surface area contributed by atoms with E-state index in [0.29, 0.717) is 24.7 Å². The van der Waals surface area contributed by atoms with E-state index in [2.05, 4.69) is 24.0 Å². The van der Waals surface area contributed by atoms with Gasteiger partial charge in [0.2, 0.25) is 5.91 Å². The third-order valence-corrected chi connectivity index (χ3v) is 6.97. The molecule has 2 aliphatic rings. The first kappa shape index (κ1) is 24.7. The van der Waals surface area contributed by atoms with Crippen LogP contribution < -0.4 is 0 Å². The maximum absolute atomic E-state index is 12.1. The van der Waals surface area contributed by atoms with Gasteiger partial charge in [-0.1, -0.05) is 30.7 Å². The van der Waals surface area contributed by atoms with E-state index in [4.69, 9.17) is 0 Å². The average molecular weight is 416 g/mol. The number of rotatable bonds is 10. The van der Waals surface area contributed by atoms with Crippen molar-refractivity contribution in [2.24, 2.45) is 23.7 Å². The highest BCUT2D eigenvalue weighted by Gasteiger charge is 2.44. The van der Waals surface area contributed by atoms with E-state index in [9.17, 15) is 15.0 Å². The van der Waals surface area contributed by atoms with Crippen molar-refractivity contribution in [3.8, 4) is 11.8 Å². The number of fused-ring (bicyclic) bond motifs is 1. The predicted molar refractivity (Wildman–Crippen MR) is 123 cm³/mol. The van der Waals surface area contributed by atoms with Crippen molar-refractivity contribution in [3.05, 3.63) is 23.8 Å². The van der Waals surface area contributed by atoms with Crippen molar-refractivity contribution in [2.45, 2.75) is 84.8 Å². The maximum Gasteiger partial charge on any atom is 0.222 e. The van der Waals surface area contributed by atoms with Crippen LogP contribution in [0.4, 0.5) is 0 Å². The van der Waals surface area contributed by atoms with Gasteiger partial charge in [0.05, 0.1) is 12.2 Å². The van der Waals surface area contributed by atoms with E-state index in [-0.39, 0.29) is 23.8 Å². The topological polar surface area (TPSA) is 60.8 Å². The summed E-state index contributed by atoms with van der Waals surface area (Å²) in [4.78, 5) is 14.0. The molecule has 0 saturated heterocycles. The van der Waals surface area contributed by atoms with Crippen molar-refractivity contribution < 1.29 is 15.0 Å². The van der Waals surface area contributed by atoms with E-state index in [1.54, 1.807) is 0 Å². The van der Waals surface area contributed by atoms with Crippen LogP contribution in [-0.4, -0.2) is 46.3 Å². The summed E-state index contributed by atoms with van der Waals surface area (Å²) in [5.74, 6) is 7.40. The van der Waals surface area contributed by atoms with E-state index in [1.807, 2.05) is 38.7 Å². The van der Waals surface area contributed by atoms with Crippen LogP contribution in [0.25, 0.3) is 0 Å². The molecule has 0 bridgehead atoms. The van der Waals surface area contributed by atoms with E-state index in [1.165, 1.54) is 5.57 Å². The van der Waals surface area contributed by atoms with Gasteiger partial charge in [-0.2, -0.15) is 0 Å². The zero-order chi connectivity index (χ0) is 22.1. The molecule has 4 heteroatoms. The maximum atomic E-state index is 12.1. The molecule has 1 amide bonds. The molecule has 0 aromatic carbocycles. The van der Waals surface area contributed by atoms with Gasteiger partial charge >= 0.3 is 0 Å². The molecule has 2 rings (SSSR count). The molecule has 0 aromatic rings. The standard InChI is InChI=1S/C26H41NO3/c1-5-8-11-19(4)24(28)15-14-22-23-17-20(16-21(23)18-25(22)29)12-9-10-13-26(30)27(6-2)7-3/h12,14-15,19,21-25,28-29H,6-7,9-11,13,16-18H2,1-4H3/t19-,21-,22+,23-,24+,25+/m0/s1. The lowest BCUT2D eigenvalue weighted by atomic mass is 9.89. The van der Waals surface area contributed by atoms with Crippen LogP contribution in [0.3, 0.4) is 0 Å². The second kappa shape index (κ2) is 12.3. The Morgan fingerprint density at radius 3 is 2.70 bits per heavy atom. The molecule has 0 aliphatic heterocycles. The molecule has 0 spiro atoms. The highest BCUT2D eigenvalue weighted by atomic mass is 16.3. The molecular weight excluding hydrogens is 374 g/mol. The zero-order valence-corrected chi connectivity index (χ0v) is 19.3. The molecule has 0 unspecified atom stereocenters. The lowest BCUT2D eigenvalue weighted by Gasteiger charge is -2.19. The zero-order valence-electron chi connectivity index (χ0n) is 19.3. The Balaban J connectivity index is 1.84. The Kier molecular flexibility index (Phi) is 10.1. The van der Waals surface area contributed by atoms with Crippen LogP contribution in [0.5, 0.6) is 0 Å². The van der Waals surface area contributed by atoms with Gasteiger partial charge in [-0.25, -0.2) is 0 Å². The minimum atomic E-state index is -0.517. The first-order valence-corrected chi connectivity index (χ1v) is 11.8. The molecule has 2 fully saturated rings. The summed E-state index contributed by atoms with van der Waals surface area (Å²) in [5.41, 5.74) is 1.48. The molecule has 168 valence electrons. The SMILES string of the molecule is CC#CC[C@H](C)[C@H](O)C=C[C@@H]1[C@H]2CC(=CCCCC(=O)N(CC)CC)C[C@H]2C[C@H]1O. The van der Waals surface area contributed by atoms with E-state index >= 15 is 0 Å². The number of aliphatic hydroxyl groups is 2. The summed E-state index contributed by atoms with van der Waals surface area (Å²) in [6, 6.07) is 0. The monoisotopic (exact) mass is 415 g/mol. The predicted octanol–water partition coefficient (Wildman–Crippen LogP) is 4.33. The smallest absolute Gasteiger partial charge is 0.222 e. The van der Waals surface area contributed by atoms with Crippen molar-refractivity contribution in [3.63, 3.8) is 0 Å². The second-order valence-corrected chi connectivity index (χ2v) is 9.02. The van der Waals surface area contributed by atoms with Gasteiger partial charge < -0.3 is 15.1 Å². The van der Waals surface area contributed by atoms with Crippen molar-refractivity contribution in [1.82, 2.24) is 4.90 Å². The van der Waals surface area contributed by atoms with Crippen molar-refractivity contribution >= 4 is 5.91 Å². The molecule has 6 atom stereocenters. The number of hydrogen-bond acceptors (Lipinski definition) is 3. The first-order valence-electron chi connectivity index (χ1n) is 11.8. The highest BCUT2D eigenvalue weighted by Crippen LogP contribution is 2.50. The molecule has 2 aliphatic carbocycles. The van der Waals surface area contributed by atoms with E-state index < -0.39 is 6.10 Å². The molecule has 4 nitrogen and oxygen atoms in total. The Labute approximate surface area is 183 Å². The molecular formula is C26H41NO3. The molecule has 0 aromatic heterocycles. The molecule has 0 heterocycles. The Morgan fingerprint density at radius 2 is 2.03 bits per heavy atom. The van der Waals surface area contributed by atoms with Crippen LogP contribution >= 0.6 is 0 Å². The molecule has 2 saturated carbocycles. The van der Waals surface area contributed by atoms with Crippen LogP contribution in [0.1, 0.15) is 72.6 Å². The summed E-state index contributed by atoms with van der Waals surface area (Å²) < 4.78 is 0. The van der Waals surface area contributed by atoms with Gasteiger partial charge in [0.25, 0.3) is 0 Å². The fourth-order valence-corrected chi connectivity index (χ4v) is 5.05. The number of nitrogens with zero attached hydrogens (tertiary/aromatic N) is 1. The summed E-state index contributed by atoms with van der Waals surface area (Å²) in [6.45, 7) is 9.46. The van der Waals surface area contributed by atoms with Crippen LogP contribution in [0.15, 0.2) is 23.8 Å². The van der Waals surface area contributed by atoms with Gasteiger partial charge in [-0.05, 0) is 70.6 Å². The second-order valence-electron chi connectivity index (χ2n) is 9.02. The highest BCUT2D eigenvalue weighted by molar-refractivity contribution is 5.76. The first-order chi connectivity index (χ1) is 14.4. The van der Waals surface area contributed by atoms with E-state index in [0.717, 1.165) is 45.2 Å². The average Bonchev–Trinajstić information content (AvgIpc) is 3.24. The number of unbranched alkanes of at least 4 members (excludes halogenated alkanes) is 1. The van der Waals surface area contributed by atoms with Crippen molar-refractivity contribution in [2.75, 3.05) is 13.1 Å². The number of allylic oxidation sites excluding steroid dienone is 2. The lowest BCUT2D eigenvalue weighted by molar-refractivity contribution is -0.130. The van der Waals surface area contributed by atoms with Gasteiger partial charge in [0.1, 0.15) is 0 Å². The molecule has 2 N–H and O–H groups in total. The van der Waals surface area contributed by atoms with Gasteiger partial charge in [-0.15, -0.1) is 11.8 Å². The Morgan fingerprint density at radius 1 is 1.30 bits per heavy atom. The minimum absolute atomic E-state index is 0.0983. The Hall–Kier alpha value is -1.57. The third-order valence-electron chi connectivity index (χ3n) is 6.97. The normalized spacial score (nSPS) is 28.9. The lowest BCUT2D eigenvalue weighted by Crippen LogP contribution is -2.30. The summed E-state index contributed by atoms with van der Waals surface area (Å²) in [6.07, 6.45) is 11.6.